The number of hydrogen-bond acceptors (Lipinski definition) is 3. The summed E-state index contributed by atoms with van der Waals surface area (Å²) in [5.41, 5.74) is -0.753. The van der Waals surface area contributed by atoms with Crippen molar-refractivity contribution in [2.45, 2.75) is 46.2 Å². The number of nitrogens with one attached hydrogen (secondary N) is 2. The molecule has 0 aromatic carbocycles. The first kappa shape index (κ1) is 14.9. The van der Waals surface area contributed by atoms with Gasteiger partial charge >= 0.3 is 5.97 Å². The summed E-state index contributed by atoms with van der Waals surface area (Å²) in [5, 5.41) is 14.5. The Morgan fingerprint density at radius 1 is 1.31 bits per heavy atom. The predicted molar refractivity (Wildman–Crippen MR) is 62.2 cm³/mol. The molecule has 94 valence electrons. The Labute approximate surface area is 96.6 Å². The average Bonchev–Trinajstić information content (AvgIpc) is 2.12. The predicted octanol–water partition coefficient (Wildman–Crippen LogP) is 0.600. The van der Waals surface area contributed by atoms with Gasteiger partial charge in [-0.3, -0.25) is 4.79 Å². The lowest BCUT2D eigenvalue weighted by atomic mass is 10.00. The normalized spacial score (nSPS) is 13.6. The minimum absolute atomic E-state index is 0.140. The van der Waals surface area contributed by atoms with Crippen molar-refractivity contribution in [2.75, 3.05) is 6.54 Å². The number of carbonyl (C=O) groups is 2. The van der Waals surface area contributed by atoms with Gasteiger partial charge in [0.05, 0.1) is 5.54 Å². The molecule has 0 rings (SSSR count). The van der Waals surface area contributed by atoms with E-state index in [4.69, 9.17) is 5.11 Å². The van der Waals surface area contributed by atoms with Crippen LogP contribution in [-0.2, 0) is 9.59 Å². The molecule has 3 N–H and O–H groups in total. The molecule has 5 nitrogen and oxygen atoms in total. The van der Waals surface area contributed by atoms with E-state index in [1.807, 2.05) is 6.92 Å². The van der Waals surface area contributed by atoms with Gasteiger partial charge in [-0.25, -0.2) is 4.79 Å². The summed E-state index contributed by atoms with van der Waals surface area (Å²) in [6.45, 7) is 9.53. The molecule has 0 bridgehead atoms. The third kappa shape index (κ3) is 4.18. The molecule has 0 aromatic heterocycles. The number of carboxylic acid groups (broad SMARTS) is 1. The summed E-state index contributed by atoms with van der Waals surface area (Å²) in [5.74, 6) is -1.44. The molecule has 0 saturated carbocycles. The van der Waals surface area contributed by atoms with E-state index < -0.39 is 17.6 Å². The van der Waals surface area contributed by atoms with E-state index in [0.29, 0.717) is 6.54 Å². The summed E-state index contributed by atoms with van der Waals surface area (Å²) >= 11 is 0. The molecule has 0 unspecified atom stereocenters. The highest BCUT2D eigenvalue weighted by Gasteiger charge is 2.31. The van der Waals surface area contributed by atoms with Crippen LogP contribution in [0.4, 0.5) is 0 Å². The molecule has 0 spiro atoms. The van der Waals surface area contributed by atoms with E-state index in [1.165, 1.54) is 0 Å². The first-order chi connectivity index (χ1) is 7.22. The second kappa shape index (κ2) is 5.84. The molecule has 1 atom stereocenters. The molecule has 0 radical (unpaired) electrons. The van der Waals surface area contributed by atoms with Crippen LogP contribution in [-0.4, -0.2) is 35.1 Å². The SMILES string of the molecule is CCNC(C)(C)C(=O)N[C@H](C(=O)O)C(C)C. The van der Waals surface area contributed by atoms with E-state index in [0.717, 1.165) is 0 Å². The second-order valence-corrected chi connectivity index (χ2v) is 4.69. The lowest BCUT2D eigenvalue weighted by molar-refractivity contribution is -0.144. The monoisotopic (exact) mass is 230 g/mol. The van der Waals surface area contributed by atoms with Crippen LogP contribution in [0.3, 0.4) is 0 Å². The maximum Gasteiger partial charge on any atom is 0.326 e. The Kier molecular flexibility index (Phi) is 5.44. The fraction of sp³-hybridized carbons (Fsp3) is 0.818. The minimum atomic E-state index is -1.00. The quantitative estimate of drug-likeness (QED) is 0.624. The van der Waals surface area contributed by atoms with Crippen LogP contribution in [0, 0.1) is 5.92 Å². The van der Waals surface area contributed by atoms with Crippen LogP contribution in [0.1, 0.15) is 34.6 Å². The van der Waals surface area contributed by atoms with Gasteiger partial charge in [-0.2, -0.15) is 0 Å². The van der Waals surface area contributed by atoms with E-state index in [9.17, 15) is 9.59 Å². The fourth-order valence-corrected chi connectivity index (χ4v) is 1.36. The average molecular weight is 230 g/mol. The van der Waals surface area contributed by atoms with Crippen molar-refractivity contribution in [1.29, 1.82) is 0 Å². The highest BCUT2D eigenvalue weighted by atomic mass is 16.4. The van der Waals surface area contributed by atoms with Crippen LogP contribution in [0.5, 0.6) is 0 Å². The Balaban J connectivity index is 4.58. The number of hydrogen-bond donors (Lipinski definition) is 3. The lowest BCUT2D eigenvalue weighted by Gasteiger charge is -2.27. The Hall–Kier alpha value is -1.10. The highest BCUT2D eigenvalue weighted by molar-refractivity contribution is 5.89. The maximum atomic E-state index is 11.8. The van der Waals surface area contributed by atoms with E-state index in [2.05, 4.69) is 10.6 Å². The third-order valence-corrected chi connectivity index (χ3v) is 2.41. The van der Waals surface area contributed by atoms with Gasteiger partial charge in [-0.15, -0.1) is 0 Å². The van der Waals surface area contributed by atoms with Gasteiger partial charge < -0.3 is 15.7 Å². The molecule has 0 fully saturated rings. The van der Waals surface area contributed by atoms with E-state index >= 15 is 0 Å². The van der Waals surface area contributed by atoms with Crippen LogP contribution >= 0.6 is 0 Å². The molecule has 5 heteroatoms. The molecule has 0 heterocycles. The second-order valence-electron chi connectivity index (χ2n) is 4.69. The van der Waals surface area contributed by atoms with Crippen molar-refractivity contribution in [3.8, 4) is 0 Å². The molecule has 0 aliphatic heterocycles. The van der Waals surface area contributed by atoms with Crippen molar-refractivity contribution in [2.24, 2.45) is 5.92 Å². The van der Waals surface area contributed by atoms with Crippen LogP contribution in [0.25, 0.3) is 0 Å². The molecule has 16 heavy (non-hydrogen) atoms. The Bertz CT molecular complexity index is 262. The number of carboxylic acids is 1. The number of rotatable bonds is 6. The van der Waals surface area contributed by atoms with Crippen LogP contribution in [0.15, 0.2) is 0 Å². The first-order valence-corrected chi connectivity index (χ1v) is 5.51. The zero-order chi connectivity index (χ0) is 12.9. The van der Waals surface area contributed by atoms with Crippen LogP contribution in [0.2, 0.25) is 0 Å². The van der Waals surface area contributed by atoms with Crippen molar-refractivity contribution in [3.63, 3.8) is 0 Å². The first-order valence-electron chi connectivity index (χ1n) is 5.51. The zero-order valence-electron chi connectivity index (χ0n) is 10.6. The topological polar surface area (TPSA) is 78.4 Å². The summed E-state index contributed by atoms with van der Waals surface area (Å²) in [6, 6.07) is -0.842. The van der Waals surface area contributed by atoms with Gasteiger partial charge in [0.25, 0.3) is 0 Å². The summed E-state index contributed by atoms with van der Waals surface area (Å²) in [6.07, 6.45) is 0. The third-order valence-electron chi connectivity index (χ3n) is 2.41. The van der Waals surface area contributed by atoms with Gasteiger partial charge in [0.15, 0.2) is 0 Å². The number of aliphatic carboxylic acids is 1. The smallest absolute Gasteiger partial charge is 0.326 e. The minimum Gasteiger partial charge on any atom is -0.480 e. The molecule has 0 saturated heterocycles. The lowest BCUT2D eigenvalue weighted by Crippen LogP contribution is -2.57. The van der Waals surface area contributed by atoms with Crippen LogP contribution < -0.4 is 10.6 Å². The van der Waals surface area contributed by atoms with Gasteiger partial charge in [-0.1, -0.05) is 20.8 Å². The molecule has 1 amide bonds. The van der Waals surface area contributed by atoms with Crippen molar-refractivity contribution in [3.05, 3.63) is 0 Å². The van der Waals surface area contributed by atoms with Gasteiger partial charge in [0, 0.05) is 0 Å². The maximum absolute atomic E-state index is 11.8. The number of carbonyl (C=O) groups excluding carboxylic acids is 1. The molecular weight excluding hydrogens is 208 g/mol. The zero-order valence-corrected chi connectivity index (χ0v) is 10.6. The number of likely N-dealkylation sites (N-methyl/N-ethyl adjacent to an activating group) is 1. The molecule has 0 aliphatic carbocycles. The standard InChI is InChI=1S/C11H22N2O3/c1-6-12-11(4,5)10(16)13-8(7(2)3)9(14)15/h7-8,12H,6H2,1-5H3,(H,13,16)(H,14,15)/t8-/m0/s1. The fourth-order valence-electron chi connectivity index (χ4n) is 1.36. The molecular formula is C11H22N2O3. The van der Waals surface area contributed by atoms with Gasteiger partial charge in [-0.05, 0) is 26.3 Å². The highest BCUT2D eigenvalue weighted by Crippen LogP contribution is 2.06. The largest absolute Gasteiger partial charge is 0.480 e. The molecule has 0 aliphatic rings. The van der Waals surface area contributed by atoms with Crippen molar-refractivity contribution in [1.82, 2.24) is 10.6 Å². The van der Waals surface area contributed by atoms with E-state index in [1.54, 1.807) is 27.7 Å². The summed E-state index contributed by atoms with van der Waals surface area (Å²) < 4.78 is 0. The van der Waals surface area contributed by atoms with Crippen molar-refractivity contribution >= 4 is 11.9 Å². The van der Waals surface area contributed by atoms with Crippen molar-refractivity contribution < 1.29 is 14.7 Å². The Morgan fingerprint density at radius 3 is 2.12 bits per heavy atom. The molecule has 0 aromatic rings. The van der Waals surface area contributed by atoms with Gasteiger partial charge in [0.2, 0.25) is 5.91 Å². The van der Waals surface area contributed by atoms with Gasteiger partial charge in [0.1, 0.15) is 6.04 Å². The number of amides is 1. The summed E-state index contributed by atoms with van der Waals surface area (Å²) in [7, 11) is 0. The summed E-state index contributed by atoms with van der Waals surface area (Å²) in [4.78, 5) is 22.8. The van der Waals surface area contributed by atoms with E-state index in [-0.39, 0.29) is 11.8 Å². The Morgan fingerprint density at radius 2 is 1.81 bits per heavy atom.